The average Bonchev–Trinajstić information content (AvgIpc) is 3.67. The third-order valence-electron chi connectivity index (χ3n) is 9.96. The maximum absolute atomic E-state index is 15.3. The maximum Gasteiger partial charge on any atom is 0.258 e. The first kappa shape index (κ1) is 35.1. The summed E-state index contributed by atoms with van der Waals surface area (Å²) in [5, 5.41) is 13.3. The summed E-state index contributed by atoms with van der Waals surface area (Å²) < 4.78 is 29.7. The number of phenolic OH excluding ortho intramolecular Hbond substituents is 1. The predicted octanol–water partition coefficient (Wildman–Crippen LogP) is 7.32. The van der Waals surface area contributed by atoms with Crippen LogP contribution in [0.25, 0.3) is 20.5 Å². The highest BCUT2D eigenvalue weighted by Gasteiger charge is 2.41. The Hall–Kier alpha value is -4.98. The number of fused-ring (bicyclic) bond motifs is 2. The van der Waals surface area contributed by atoms with Crippen molar-refractivity contribution in [3.05, 3.63) is 100 Å². The number of carbonyl (C=O) groups excluding carboxylic acids is 3. The van der Waals surface area contributed by atoms with Gasteiger partial charge in [-0.25, -0.2) is 4.39 Å². The molecule has 3 aliphatic heterocycles. The molecule has 272 valence electrons. The number of piperidine rings is 1. The Bertz CT molecular complexity index is 2200. The number of rotatable bonds is 10. The van der Waals surface area contributed by atoms with Crippen molar-refractivity contribution in [2.45, 2.75) is 31.8 Å². The highest BCUT2D eigenvalue weighted by atomic mass is 79.9. The second-order valence-corrected chi connectivity index (χ2v) is 15.4. The van der Waals surface area contributed by atoms with Gasteiger partial charge in [0, 0.05) is 65.9 Å². The van der Waals surface area contributed by atoms with Crippen LogP contribution in [0.15, 0.2) is 83.3 Å². The number of nitrogens with one attached hydrogen (secondary N) is 1. The van der Waals surface area contributed by atoms with E-state index >= 15 is 4.39 Å². The first-order chi connectivity index (χ1) is 25.7. The molecule has 0 saturated carbocycles. The molecule has 0 radical (unpaired) electrons. The number of thiophene rings is 1. The van der Waals surface area contributed by atoms with E-state index < -0.39 is 23.7 Å². The summed E-state index contributed by atoms with van der Waals surface area (Å²) in [4.78, 5) is 43.9. The molecule has 1 aromatic heterocycles. The third-order valence-corrected chi connectivity index (χ3v) is 11.7. The summed E-state index contributed by atoms with van der Waals surface area (Å²) in [6, 6.07) is 23.5. The van der Waals surface area contributed by atoms with Gasteiger partial charge in [-0.15, -0.1) is 11.3 Å². The summed E-state index contributed by atoms with van der Waals surface area (Å²) in [5.74, 6) is 0.447. The molecule has 2 fully saturated rings. The van der Waals surface area contributed by atoms with E-state index in [0.717, 1.165) is 81.3 Å². The van der Waals surface area contributed by atoms with Crippen LogP contribution in [-0.4, -0.2) is 78.0 Å². The molecule has 0 spiro atoms. The number of aromatic hydroxyl groups is 1. The number of hydrogen-bond donors (Lipinski definition) is 2. The van der Waals surface area contributed by atoms with Gasteiger partial charge in [0.1, 0.15) is 29.1 Å². The second-order valence-electron chi connectivity index (χ2n) is 13.4. The quantitative estimate of drug-likeness (QED) is 0.112. The number of halogens is 2. The molecule has 4 heterocycles. The Balaban J connectivity index is 0.821. The lowest BCUT2D eigenvalue weighted by molar-refractivity contribution is -0.136. The van der Waals surface area contributed by atoms with Crippen LogP contribution in [0, 0.1) is 5.82 Å². The molecular weight excluding hydrogens is 763 g/mol. The van der Waals surface area contributed by atoms with Gasteiger partial charge in [-0.05, 0) is 90.7 Å². The smallest absolute Gasteiger partial charge is 0.258 e. The van der Waals surface area contributed by atoms with Crippen LogP contribution in [0.5, 0.6) is 23.0 Å². The minimum atomic E-state index is -0.775. The van der Waals surface area contributed by atoms with Crippen molar-refractivity contribution in [3.8, 4) is 33.4 Å². The van der Waals surface area contributed by atoms with Crippen LogP contribution in [0.4, 0.5) is 10.1 Å². The highest BCUT2D eigenvalue weighted by molar-refractivity contribution is 9.10. The molecule has 13 heteroatoms. The Labute approximate surface area is 317 Å². The zero-order valence-electron chi connectivity index (χ0n) is 28.6. The molecule has 8 rings (SSSR count). The average molecular weight is 800 g/mol. The van der Waals surface area contributed by atoms with Gasteiger partial charge in [-0.3, -0.25) is 24.6 Å². The normalized spacial score (nSPS) is 17.7. The molecule has 4 aromatic carbocycles. The van der Waals surface area contributed by atoms with Crippen LogP contribution in [-0.2, 0) is 16.1 Å². The molecule has 1 unspecified atom stereocenters. The topological polar surface area (TPSA) is 112 Å². The fourth-order valence-corrected chi connectivity index (χ4v) is 8.64. The zero-order valence-corrected chi connectivity index (χ0v) is 31.1. The molecule has 1 atom stereocenters. The monoisotopic (exact) mass is 798 g/mol. The van der Waals surface area contributed by atoms with Gasteiger partial charge in [0.15, 0.2) is 5.75 Å². The molecule has 0 aliphatic carbocycles. The van der Waals surface area contributed by atoms with Gasteiger partial charge in [0.05, 0.1) is 17.0 Å². The van der Waals surface area contributed by atoms with E-state index in [-0.39, 0.29) is 36.6 Å². The minimum Gasteiger partial charge on any atom is -0.508 e. The van der Waals surface area contributed by atoms with Gasteiger partial charge >= 0.3 is 0 Å². The molecule has 5 aromatic rings. The van der Waals surface area contributed by atoms with Crippen LogP contribution < -0.4 is 19.7 Å². The summed E-state index contributed by atoms with van der Waals surface area (Å²) in [6.45, 7) is 4.62. The van der Waals surface area contributed by atoms with E-state index in [1.54, 1.807) is 23.5 Å². The van der Waals surface area contributed by atoms with Crippen molar-refractivity contribution in [3.63, 3.8) is 0 Å². The SMILES string of the molecule is O=C1CCC(N2Cc3cc(N4CCN(CCCOc5ccc(Oc6c(-c7ccc(Br)cc7)sc7cc(O)ccc67)cc5)CC4)cc(F)c3C2=O)C(=O)N1. The van der Waals surface area contributed by atoms with Crippen molar-refractivity contribution >= 4 is 60.8 Å². The molecule has 2 N–H and O–H groups in total. The number of nitrogens with zero attached hydrogens (tertiary/aromatic N) is 3. The number of benzene rings is 4. The number of carbonyl (C=O) groups is 3. The molecular formula is C40H36BrFN4O6S. The molecule has 10 nitrogen and oxygen atoms in total. The minimum absolute atomic E-state index is 0.0167. The molecule has 53 heavy (non-hydrogen) atoms. The Morgan fingerprint density at radius 3 is 2.43 bits per heavy atom. The van der Waals surface area contributed by atoms with Gasteiger partial charge in [-0.2, -0.15) is 0 Å². The van der Waals surface area contributed by atoms with Gasteiger partial charge in [0.25, 0.3) is 5.91 Å². The van der Waals surface area contributed by atoms with Gasteiger partial charge in [-0.1, -0.05) is 28.1 Å². The Kier molecular flexibility index (Phi) is 9.80. The summed E-state index contributed by atoms with van der Waals surface area (Å²) in [5.41, 5.74) is 2.34. The predicted molar refractivity (Wildman–Crippen MR) is 204 cm³/mol. The number of hydrogen-bond acceptors (Lipinski definition) is 9. The Morgan fingerprint density at radius 1 is 0.925 bits per heavy atom. The number of ether oxygens (including phenoxy) is 2. The number of amides is 3. The number of anilines is 1. The zero-order chi connectivity index (χ0) is 36.6. The first-order valence-corrected chi connectivity index (χ1v) is 19.2. The number of phenols is 1. The van der Waals surface area contributed by atoms with Crippen LogP contribution >= 0.6 is 27.3 Å². The largest absolute Gasteiger partial charge is 0.508 e. The van der Waals surface area contributed by atoms with Crippen LogP contribution in [0.1, 0.15) is 35.2 Å². The van der Waals surface area contributed by atoms with Crippen LogP contribution in [0.3, 0.4) is 0 Å². The summed E-state index contributed by atoms with van der Waals surface area (Å²) >= 11 is 5.08. The van der Waals surface area contributed by atoms with Crippen molar-refractivity contribution in [1.29, 1.82) is 0 Å². The lowest BCUT2D eigenvalue weighted by Gasteiger charge is -2.36. The molecule has 0 bridgehead atoms. The van der Waals surface area contributed by atoms with Crippen molar-refractivity contribution in [2.24, 2.45) is 0 Å². The lowest BCUT2D eigenvalue weighted by atomic mass is 10.0. The van der Waals surface area contributed by atoms with E-state index in [2.05, 4.69) is 31.0 Å². The van der Waals surface area contributed by atoms with E-state index in [9.17, 15) is 19.5 Å². The van der Waals surface area contributed by atoms with Crippen molar-refractivity contribution < 1.29 is 33.4 Å². The Morgan fingerprint density at radius 2 is 1.68 bits per heavy atom. The second kappa shape index (κ2) is 14.8. The van der Waals surface area contributed by atoms with E-state index in [1.165, 1.54) is 11.0 Å². The molecule has 3 aliphatic rings. The van der Waals surface area contributed by atoms with Crippen molar-refractivity contribution in [2.75, 3.05) is 44.2 Å². The summed E-state index contributed by atoms with van der Waals surface area (Å²) in [6.07, 6.45) is 1.24. The van der Waals surface area contributed by atoms with E-state index in [4.69, 9.17) is 9.47 Å². The third kappa shape index (κ3) is 7.33. The van der Waals surface area contributed by atoms with Crippen molar-refractivity contribution in [1.82, 2.24) is 15.1 Å². The van der Waals surface area contributed by atoms with E-state index in [1.807, 2.05) is 60.7 Å². The fourth-order valence-electron chi connectivity index (χ4n) is 7.21. The maximum atomic E-state index is 15.3. The van der Waals surface area contributed by atoms with Gasteiger partial charge in [0.2, 0.25) is 11.8 Å². The summed E-state index contributed by atoms with van der Waals surface area (Å²) in [7, 11) is 0. The number of imide groups is 1. The van der Waals surface area contributed by atoms with Crippen LogP contribution in [0.2, 0.25) is 0 Å². The van der Waals surface area contributed by atoms with E-state index in [0.29, 0.717) is 17.9 Å². The first-order valence-electron chi connectivity index (χ1n) is 17.6. The lowest BCUT2D eigenvalue weighted by Crippen LogP contribution is -2.52. The highest BCUT2D eigenvalue weighted by Crippen LogP contribution is 2.47. The fraction of sp³-hybridized carbons (Fsp3) is 0.275. The molecule has 2 saturated heterocycles. The number of piperazine rings is 1. The standard InChI is InChI=1S/C40H36BrFN4O6S/c41-26-4-2-24(3-5-26)38-37(31-11-6-28(47)22-34(31)53-38)52-30-9-7-29(8-10-30)51-19-1-14-44-15-17-45(18-16-44)27-20-25-23-46(40(50)36(25)32(42)21-27)33-12-13-35(48)43-39(33)49/h2-11,20-22,33,47H,1,12-19,23H2,(H,43,48,49). The van der Waals surface area contributed by atoms with Gasteiger partial charge < -0.3 is 24.4 Å². The molecule has 3 amide bonds.